The molecule has 1 saturated heterocycles. The molecule has 3 unspecified atom stereocenters. The monoisotopic (exact) mass is 447 g/mol. The number of hydrogen-bond acceptors (Lipinski definition) is 4. The molecule has 5 heteroatoms. The van der Waals surface area contributed by atoms with Gasteiger partial charge in [-0.1, -0.05) is 12.1 Å². The molecule has 176 valence electrons. The molecular formula is C28H37N3O2. The number of hydrogen-bond donors (Lipinski definition) is 1. The topological polar surface area (TPSA) is 54.5 Å². The van der Waals surface area contributed by atoms with Crippen molar-refractivity contribution in [2.45, 2.75) is 77.0 Å². The summed E-state index contributed by atoms with van der Waals surface area (Å²) in [5.74, 6) is 2.37. The molecule has 3 aliphatic rings. The van der Waals surface area contributed by atoms with Crippen LogP contribution in [0.1, 0.15) is 72.9 Å². The minimum absolute atomic E-state index is 0.000997. The molecular weight excluding hydrogens is 410 g/mol. The van der Waals surface area contributed by atoms with E-state index >= 15 is 0 Å². The Morgan fingerprint density at radius 2 is 2.00 bits per heavy atom. The van der Waals surface area contributed by atoms with Crippen LogP contribution in [0.2, 0.25) is 0 Å². The number of pyridine rings is 1. The lowest BCUT2D eigenvalue weighted by Gasteiger charge is -2.36. The lowest BCUT2D eigenvalue weighted by molar-refractivity contribution is 0.0929. The number of nitrogens with one attached hydrogen (secondary N) is 1. The average molecular weight is 448 g/mol. The number of rotatable bonds is 7. The second-order valence-corrected chi connectivity index (χ2v) is 10.4. The first-order valence-corrected chi connectivity index (χ1v) is 12.8. The van der Waals surface area contributed by atoms with Crippen molar-refractivity contribution in [3.63, 3.8) is 0 Å². The fourth-order valence-corrected chi connectivity index (χ4v) is 6.18. The molecule has 1 amide bonds. The third kappa shape index (κ3) is 5.57. The van der Waals surface area contributed by atoms with Crippen molar-refractivity contribution in [3.8, 4) is 5.75 Å². The largest absolute Gasteiger partial charge is 0.490 e. The first-order chi connectivity index (χ1) is 16.1. The van der Waals surface area contributed by atoms with Gasteiger partial charge in [0.1, 0.15) is 5.75 Å². The Morgan fingerprint density at radius 1 is 1.12 bits per heavy atom. The zero-order valence-electron chi connectivity index (χ0n) is 19.8. The second-order valence-electron chi connectivity index (χ2n) is 10.4. The average Bonchev–Trinajstić information content (AvgIpc) is 3.47. The zero-order valence-corrected chi connectivity index (χ0v) is 19.8. The number of carbonyl (C=O) groups is 1. The first kappa shape index (κ1) is 22.4. The van der Waals surface area contributed by atoms with E-state index in [0.29, 0.717) is 23.6 Å². The normalized spacial score (nSPS) is 25.7. The Hall–Kier alpha value is -2.40. The molecule has 3 fully saturated rings. The highest BCUT2D eigenvalue weighted by molar-refractivity contribution is 5.93. The van der Waals surface area contributed by atoms with Gasteiger partial charge in [0.15, 0.2) is 0 Å². The third-order valence-electron chi connectivity index (χ3n) is 7.88. The molecule has 1 aliphatic heterocycles. The van der Waals surface area contributed by atoms with Crippen molar-refractivity contribution in [1.82, 2.24) is 15.2 Å². The molecule has 1 aromatic carbocycles. The minimum atomic E-state index is 0.000997. The summed E-state index contributed by atoms with van der Waals surface area (Å²) >= 11 is 0. The van der Waals surface area contributed by atoms with E-state index in [-0.39, 0.29) is 5.91 Å². The standard InChI is InChI=1S/C28H37N3O2/c1-20-13-24(18-29-16-20)28(32)30-17-21-9-10-27-23(14-21)11-12-31(27)19-22-5-4-8-26(15-22)33-25-6-2-3-7-25/h4-5,8,13,15-16,18,21,23,25,27H,2-3,6-7,9-12,14,17,19H2,1H3,(H,30,32). The van der Waals surface area contributed by atoms with Crippen LogP contribution in [0, 0.1) is 18.8 Å². The SMILES string of the molecule is Cc1cncc(C(=O)NCC2CCC3C(CCN3Cc3cccc(OC4CCCC4)c3)C2)c1. The van der Waals surface area contributed by atoms with Crippen molar-refractivity contribution in [2.75, 3.05) is 13.1 Å². The van der Waals surface area contributed by atoms with E-state index in [2.05, 4.69) is 39.5 Å². The molecule has 3 atom stereocenters. The van der Waals surface area contributed by atoms with Gasteiger partial charge in [-0.25, -0.2) is 0 Å². The lowest BCUT2D eigenvalue weighted by atomic mass is 9.78. The molecule has 5 nitrogen and oxygen atoms in total. The van der Waals surface area contributed by atoms with Crippen LogP contribution in [0.5, 0.6) is 5.75 Å². The number of amides is 1. The molecule has 2 heterocycles. The highest BCUT2D eigenvalue weighted by atomic mass is 16.5. The maximum atomic E-state index is 12.5. The molecule has 33 heavy (non-hydrogen) atoms. The van der Waals surface area contributed by atoms with E-state index < -0.39 is 0 Å². The Labute approximate surface area is 197 Å². The Balaban J connectivity index is 1.11. The predicted molar refractivity (Wildman–Crippen MR) is 130 cm³/mol. The van der Waals surface area contributed by atoms with Crippen molar-refractivity contribution < 1.29 is 9.53 Å². The lowest BCUT2D eigenvalue weighted by Crippen LogP contribution is -2.39. The predicted octanol–water partition coefficient (Wildman–Crippen LogP) is 5.13. The zero-order chi connectivity index (χ0) is 22.6. The first-order valence-electron chi connectivity index (χ1n) is 12.8. The van der Waals surface area contributed by atoms with Crippen LogP contribution in [0.25, 0.3) is 0 Å². The van der Waals surface area contributed by atoms with Gasteiger partial charge >= 0.3 is 0 Å². The molecule has 0 spiro atoms. The van der Waals surface area contributed by atoms with Gasteiger partial charge in [-0.15, -0.1) is 0 Å². The number of likely N-dealkylation sites (tertiary alicyclic amines) is 1. The van der Waals surface area contributed by atoms with Gasteiger partial charge in [0.05, 0.1) is 11.7 Å². The smallest absolute Gasteiger partial charge is 0.252 e. The van der Waals surface area contributed by atoms with E-state index in [4.69, 9.17) is 4.74 Å². The minimum Gasteiger partial charge on any atom is -0.490 e. The Morgan fingerprint density at radius 3 is 2.85 bits per heavy atom. The molecule has 0 bridgehead atoms. The summed E-state index contributed by atoms with van der Waals surface area (Å²) in [5.41, 5.74) is 3.05. The molecule has 2 aromatic rings. The van der Waals surface area contributed by atoms with Crippen LogP contribution < -0.4 is 10.1 Å². The van der Waals surface area contributed by atoms with Crippen LogP contribution in [-0.4, -0.2) is 41.0 Å². The Bertz CT molecular complexity index is 956. The summed E-state index contributed by atoms with van der Waals surface area (Å²) in [6.07, 6.45) is 13.8. The summed E-state index contributed by atoms with van der Waals surface area (Å²) in [6, 6.07) is 11.3. The van der Waals surface area contributed by atoms with E-state index in [1.807, 2.05) is 13.0 Å². The summed E-state index contributed by atoms with van der Waals surface area (Å²) in [7, 11) is 0. The van der Waals surface area contributed by atoms with Gasteiger partial charge in [-0.3, -0.25) is 14.7 Å². The number of carbonyl (C=O) groups excluding carboxylic acids is 1. The third-order valence-corrected chi connectivity index (χ3v) is 7.88. The highest BCUT2D eigenvalue weighted by Gasteiger charge is 2.38. The van der Waals surface area contributed by atoms with Crippen molar-refractivity contribution >= 4 is 5.91 Å². The molecule has 2 aliphatic carbocycles. The molecule has 2 saturated carbocycles. The molecule has 5 rings (SSSR count). The van der Waals surface area contributed by atoms with Crippen molar-refractivity contribution in [1.29, 1.82) is 0 Å². The number of aromatic nitrogens is 1. The van der Waals surface area contributed by atoms with Gasteiger partial charge in [-0.2, -0.15) is 0 Å². The number of nitrogens with zero attached hydrogens (tertiary/aromatic N) is 2. The van der Waals surface area contributed by atoms with E-state index in [0.717, 1.165) is 30.3 Å². The van der Waals surface area contributed by atoms with Crippen LogP contribution in [0.3, 0.4) is 0 Å². The number of fused-ring (bicyclic) bond motifs is 1. The van der Waals surface area contributed by atoms with Crippen molar-refractivity contribution in [3.05, 3.63) is 59.4 Å². The van der Waals surface area contributed by atoms with E-state index in [9.17, 15) is 4.79 Å². The van der Waals surface area contributed by atoms with Crippen molar-refractivity contribution in [2.24, 2.45) is 11.8 Å². The fraction of sp³-hybridized carbons (Fsp3) is 0.571. The van der Waals surface area contributed by atoms with Gasteiger partial charge in [-0.05, 0) is 106 Å². The summed E-state index contributed by atoms with van der Waals surface area (Å²) in [5, 5.41) is 3.16. The van der Waals surface area contributed by atoms with Crippen LogP contribution in [0.4, 0.5) is 0 Å². The van der Waals surface area contributed by atoms with Gasteiger partial charge < -0.3 is 10.1 Å². The molecule has 1 aromatic heterocycles. The number of benzene rings is 1. The van der Waals surface area contributed by atoms with E-state index in [1.54, 1.807) is 12.4 Å². The Kier molecular flexibility index (Phi) is 6.96. The number of ether oxygens (including phenoxy) is 1. The van der Waals surface area contributed by atoms with Gasteiger partial charge in [0.2, 0.25) is 0 Å². The maximum absolute atomic E-state index is 12.5. The molecule has 1 N–H and O–H groups in total. The van der Waals surface area contributed by atoms with Gasteiger partial charge in [0, 0.05) is 31.5 Å². The summed E-state index contributed by atoms with van der Waals surface area (Å²) in [4.78, 5) is 19.3. The maximum Gasteiger partial charge on any atom is 0.252 e. The highest BCUT2D eigenvalue weighted by Crippen LogP contribution is 2.39. The summed E-state index contributed by atoms with van der Waals surface area (Å²) in [6.45, 7) is 4.94. The van der Waals surface area contributed by atoms with Crippen LogP contribution in [-0.2, 0) is 6.54 Å². The summed E-state index contributed by atoms with van der Waals surface area (Å²) < 4.78 is 6.23. The second kappa shape index (κ2) is 10.3. The number of aryl methyl sites for hydroxylation is 1. The molecule has 0 radical (unpaired) electrons. The fourth-order valence-electron chi connectivity index (χ4n) is 6.18. The van der Waals surface area contributed by atoms with E-state index in [1.165, 1.54) is 63.5 Å². The van der Waals surface area contributed by atoms with Gasteiger partial charge in [0.25, 0.3) is 5.91 Å². The van der Waals surface area contributed by atoms with Crippen LogP contribution >= 0.6 is 0 Å². The van der Waals surface area contributed by atoms with Crippen LogP contribution in [0.15, 0.2) is 42.7 Å². The quantitative estimate of drug-likeness (QED) is 0.639.